The Bertz CT molecular complexity index is 969. The van der Waals surface area contributed by atoms with Gasteiger partial charge in [-0.2, -0.15) is 0 Å². The quantitative estimate of drug-likeness (QED) is 0.610. The Morgan fingerprint density at radius 2 is 1.72 bits per heavy atom. The van der Waals surface area contributed by atoms with E-state index in [0.29, 0.717) is 22.8 Å². The van der Waals surface area contributed by atoms with Crippen molar-refractivity contribution in [3.05, 3.63) is 88.8 Å². The molecule has 2 amide bonds. The number of nitrogens with zero attached hydrogens (tertiary/aromatic N) is 1. The summed E-state index contributed by atoms with van der Waals surface area (Å²) in [6, 6.07) is 17.4. The van der Waals surface area contributed by atoms with Crippen LogP contribution in [0.3, 0.4) is 0 Å². The van der Waals surface area contributed by atoms with Crippen LogP contribution in [0.25, 0.3) is 0 Å². The Kier molecular flexibility index (Phi) is 6.69. The second-order valence-electron chi connectivity index (χ2n) is 6.72. The van der Waals surface area contributed by atoms with E-state index in [1.165, 1.54) is 6.26 Å². The Morgan fingerprint density at radius 1 is 1.00 bits per heavy atom. The fourth-order valence-corrected chi connectivity index (χ4v) is 3.17. The Balaban J connectivity index is 1.61. The fourth-order valence-electron chi connectivity index (χ4n) is 2.91. The zero-order valence-electron chi connectivity index (χ0n) is 16.2. The minimum atomic E-state index is -0.347. The number of nitrogens with one attached hydrogen (secondary N) is 2. The Hall–Kier alpha value is -3.09. The van der Waals surface area contributed by atoms with E-state index in [9.17, 15) is 9.59 Å². The van der Waals surface area contributed by atoms with E-state index < -0.39 is 0 Å². The van der Waals surface area contributed by atoms with Gasteiger partial charge in [-0.25, -0.2) is 0 Å². The minimum absolute atomic E-state index is 0.0560. The normalized spacial score (nSPS) is 11.9. The van der Waals surface area contributed by atoms with Gasteiger partial charge in [-0.3, -0.25) is 9.59 Å². The number of rotatable bonds is 7. The predicted molar refractivity (Wildman–Crippen MR) is 113 cm³/mol. The predicted octanol–water partition coefficient (Wildman–Crippen LogP) is 4.22. The van der Waals surface area contributed by atoms with Gasteiger partial charge in [0.1, 0.15) is 0 Å². The van der Waals surface area contributed by atoms with Crippen LogP contribution in [-0.4, -0.2) is 37.4 Å². The summed E-state index contributed by atoms with van der Waals surface area (Å²) >= 11 is 6.31. The van der Waals surface area contributed by atoms with Crippen LogP contribution in [0.2, 0.25) is 5.02 Å². The van der Waals surface area contributed by atoms with E-state index in [-0.39, 0.29) is 23.6 Å². The van der Waals surface area contributed by atoms with Crippen LogP contribution in [0.5, 0.6) is 0 Å². The lowest BCUT2D eigenvalue weighted by Crippen LogP contribution is -2.34. The first kappa shape index (κ1) is 20.6. The van der Waals surface area contributed by atoms with E-state index >= 15 is 0 Å². The van der Waals surface area contributed by atoms with Crippen molar-refractivity contribution in [1.82, 2.24) is 10.2 Å². The highest BCUT2D eigenvalue weighted by molar-refractivity contribution is 6.31. The maximum atomic E-state index is 12.5. The van der Waals surface area contributed by atoms with Crippen LogP contribution in [0.4, 0.5) is 5.69 Å². The third-order valence-corrected chi connectivity index (χ3v) is 4.84. The second-order valence-corrected chi connectivity index (χ2v) is 7.13. The number of carbonyl (C=O) groups is 2. The number of hydrogen-bond donors (Lipinski definition) is 2. The second kappa shape index (κ2) is 9.41. The Labute approximate surface area is 174 Å². The molecule has 0 fully saturated rings. The molecule has 1 atom stereocenters. The average Bonchev–Trinajstić information content (AvgIpc) is 3.24. The average molecular weight is 412 g/mol. The molecular weight excluding hydrogens is 390 g/mol. The van der Waals surface area contributed by atoms with Crippen LogP contribution in [0, 0.1) is 0 Å². The molecule has 0 spiro atoms. The standard InChI is InChI=1S/C22H22ClN3O3/c1-26(2)19(17-6-3-4-7-18(17)23)14-24-21(27)15-9-11-16(12-10-15)25-22(28)20-8-5-13-29-20/h3-13,19H,14H2,1-2H3,(H,24,27)(H,25,28). The largest absolute Gasteiger partial charge is 0.459 e. The summed E-state index contributed by atoms with van der Waals surface area (Å²) in [5, 5.41) is 6.33. The van der Waals surface area contributed by atoms with Gasteiger partial charge in [0.05, 0.1) is 12.3 Å². The van der Waals surface area contributed by atoms with Gasteiger partial charge in [-0.1, -0.05) is 29.8 Å². The van der Waals surface area contributed by atoms with Gasteiger partial charge in [0, 0.05) is 22.8 Å². The lowest BCUT2D eigenvalue weighted by molar-refractivity contribution is 0.0941. The molecule has 29 heavy (non-hydrogen) atoms. The summed E-state index contributed by atoms with van der Waals surface area (Å²) in [5.74, 6) is -0.324. The molecule has 0 radical (unpaired) electrons. The molecule has 7 heteroatoms. The van der Waals surface area contributed by atoms with Gasteiger partial charge in [0.15, 0.2) is 5.76 Å². The molecule has 3 rings (SSSR count). The topological polar surface area (TPSA) is 74.6 Å². The summed E-state index contributed by atoms with van der Waals surface area (Å²) in [6.07, 6.45) is 1.44. The van der Waals surface area contributed by atoms with Crippen LogP contribution < -0.4 is 10.6 Å². The van der Waals surface area contributed by atoms with Gasteiger partial charge in [0.25, 0.3) is 11.8 Å². The molecule has 0 bridgehead atoms. The van der Waals surface area contributed by atoms with Crippen molar-refractivity contribution >= 4 is 29.1 Å². The highest BCUT2D eigenvalue weighted by atomic mass is 35.5. The van der Waals surface area contributed by atoms with Gasteiger partial charge < -0.3 is 20.0 Å². The van der Waals surface area contributed by atoms with Crippen molar-refractivity contribution in [2.45, 2.75) is 6.04 Å². The van der Waals surface area contributed by atoms with Crippen LogP contribution in [0.1, 0.15) is 32.5 Å². The molecule has 1 unspecified atom stereocenters. The molecule has 0 saturated carbocycles. The van der Waals surface area contributed by atoms with Crippen LogP contribution in [0.15, 0.2) is 71.3 Å². The number of hydrogen-bond acceptors (Lipinski definition) is 4. The third-order valence-electron chi connectivity index (χ3n) is 4.49. The van der Waals surface area contributed by atoms with Crippen molar-refractivity contribution in [2.24, 2.45) is 0 Å². The zero-order valence-corrected chi connectivity index (χ0v) is 16.9. The lowest BCUT2D eigenvalue weighted by atomic mass is 10.1. The molecule has 2 N–H and O–H groups in total. The SMILES string of the molecule is CN(C)C(CNC(=O)c1ccc(NC(=O)c2ccco2)cc1)c1ccccc1Cl. The first-order chi connectivity index (χ1) is 14.0. The minimum Gasteiger partial charge on any atom is -0.459 e. The van der Waals surface area contributed by atoms with E-state index in [1.807, 2.05) is 43.3 Å². The lowest BCUT2D eigenvalue weighted by Gasteiger charge is -2.26. The summed E-state index contributed by atoms with van der Waals surface area (Å²) in [7, 11) is 3.88. The summed E-state index contributed by atoms with van der Waals surface area (Å²) < 4.78 is 5.06. The summed E-state index contributed by atoms with van der Waals surface area (Å²) in [5.41, 5.74) is 2.03. The van der Waals surface area contributed by atoms with Gasteiger partial charge in [0.2, 0.25) is 0 Å². The van der Waals surface area contributed by atoms with Crippen molar-refractivity contribution in [1.29, 1.82) is 0 Å². The monoisotopic (exact) mass is 411 g/mol. The van der Waals surface area contributed by atoms with Crippen molar-refractivity contribution in [3.8, 4) is 0 Å². The fraction of sp³-hybridized carbons (Fsp3) is 0.182. The van der Waals surface area contributed by atoms with Crippen molar-refractivity contribution in [3.63, 3.8) is 0 Å². The third kappa shape index (κ3) is 5.25. The van der Waals surface area contributed by atoms with Crippen molar-refractivity contribution < 1.29 is 14.0 Å². The molecular formula is C22H22ClN3O3. The van der Waals surface area contributed by atoms with E-state index in [4.69, 9.17) is 16.0 Å². The number of carbonyl (C=O) groups excluding carboxylic acids is 2. The Morgan fingerprint density at radius 3 is 2.34 bits per heavy atom. The van der Waals surface area contributed by atoms with Crippen molar-refractivity contribution in [2.75, 3.05) is 26.0 Å². The molecule has 0 saturated heterocycles. The van der Waals surface area contributed by atoms with Gasteiger partial charge >= 0.3 is 0 Å². The van der Waals surface area contributed by atoms with Gasteiger partial charge in [-0.05, 0) is 62.1 Å². The first-order valence-electron chi connectivity index (χ1n) is 9.09. The molecule has 2 aromatic carbocycles. The highest BCUT2D eigenvalue weighted by Crippen LogP contribution is 2.25. The number of likely N-dealkylation sites (N-methyl/N-ethyl adjacent to an activating group) is 1. The van der Waals surface area contributed by atoms with E-state index in [0.717, 1.165) is 5.56 Å². The van der Waals surface area contributed by atoms with E-state index in [1.54, 1.807) is 36.4 Å². The van der Waals surface area contributed by atoms with Crippen LogP contribution in [-0.2, 0) is 0 Å². The maximum Gasteiger partial charge on any atom is 0.291 e. The van der Waals surface area contributed by atoms with Gasteiger partial charge in [-0.15, -0.1) is 0 Å². The molecule has 0 aliphatic carbocycles. The molecule has 1 heterocycles. The zero-order chi connectivity index (χ0) is 20.8. The smallest absolute Gasteiger partial charge is 0.291 e. The number of anilines is 1. The molecule has 3 aromatic rings. The number of amides is 2. The molecule has 6 nitrogen and oxygen atoms in total. The molecule has 0 aliphatic rings. The summed E-state index contributed by atoms with van der Waals surface area (Å²) in [6.45, 7) is 0.409. The number of benzene rings is 2. The molecule has 0 aliphatic heterocycles. The summed E-state index contributed by atoms with van der Waals surface area (Å²) in [4.78, 5) is 26.5. The molecule has 1 aromatic heterocycles. The number of halogens is 1. The highest BCUT2D eigenvalue weighted by Gasteiger charge is 2.18. The molecule has 150 valence electrons. The number of furan rings is 1. The van der Waals surface area contributed by atoms with E-state index in [2.05, 4.69) is 10.6 Å². The first-order valence-corrected chi connectivity index (χ1v) is 9.47. The maximum absolute atomic E-state index is 12.5. The van der Waals surface area contributed by atoms with Crippen LogP contribution >= 0.6 is 11.6 Å².